The Morgan fingerprint density at radius 1 is 1.00 bits per heavy atom. The van der Waals surface area contributed by atoms with Crippen LogP contribution in [0.15, 0.2) is 36.4 Å². The molecule has 0 bridgehead atoms. The highest BCUT2D eigenvalue weighted by Crippen LogP contribution is 2.27. The van der Waals surface area contributed by atoms with Crippen LogP contribution in [0.5, 0.6) is 5.75 Å². The van der Waals surface area contributed by atoms with E-state index in [2.05, 4.69) is 16.0 Å². The predicted octanol–water partition coefficient (Wildman–Crippen LogP) is 5.36. The normalized spacial score (nSPS) is 12.2. The van der Waals surface area contributed by atoms with Crippen molar-refractivity contribution in [3.63, 3.8) is 0 Å². The average molecular weight is 613 g/mol. The molecule has 2 aromatic rings. The topological polar surface area (TPSA) is 158 Å². The maximum absolute atomic E-state index is 13.3. The fraction of sp³-hybridized carbons (Fsp3) is 0.444. The zero-order chi connectivity index (χ0) is 31.0. The second-order valence-electron chi connectivity index (χ2n) is 10.8. The quantitative estimate of drug-likeness (QED) is 0.174. The molecule has 0 aliphatic carbocycles. The molecule has 0 aliphatic rings. The van der Waals surface area contributed by atoms with Gasteiger partial charge < -0.3 is 30.2 Å². The van der Waals surface area contributed by atoms with Crippen molar-refractivity contribution in [3.8, 4) is 5.75 Å². The third-order valence-corrected chi connectivity index (χ3v) is 5.49. The Kier molecular flexibility index (Phi) is 11.7. The summed E-state index contributed by atoms with van der Waals surface area (Å²) in [6.45, 7) is 10.5. The Morgan fingerprint density at radius 3 is 2.27 bits per heavy atom. The van der Waals surface area contributed by atoms with E-state index in [-0.39, 0.29) is 52.5 Å². The van der Waals surface area contributed by atoms with Crippen LogP contribution < -0.4 is 20.7 Å². The van der Waals surface area contributed by atoms with Crippen LogP contribution in [0.25, 0.3) is 0 Å². The molecule has 0 unspecified atom stereocenters. The highest BCUT2D eigenvalue weighted by Gasteiger charge is 2.27. The van der Waals surface area contributed by atoms with Crippen LogP contribution >= 0.6 is 23.2 Å². The summed E-state index contributed by atoms with van der Waals surface area (Å²) < 4.78 is 16.6. The van der Waals surface area contributed by atoms with E-state index in [9.17, 15) is 24.5 Å². The van der Waals surface area contributed by atoms with Gasteiger partial charge in [-0.2, -0.15) is 0 Å². The monoisotopic (exact) mass is 612 g/mol. The van der Waals surface area contributed by atoms with Gasteiger partial charge in [0.05, 0.1) is 39.9 Å². The van der Waals surface area contributed by atoms with Crippen molar-refractivity contribution in [1.82, 2.24) is 10.6 Å². The van der Waals surface area contributed by atoms with E-state index in [0.717, 1.165) is 6.07 Å². The number of carbonyl (C=O) groups excluding carboxylic acids is 3. The highest BCUT2D eigenvalue weighted by atomic mass is 35.5. The van der Waals surface area contributed by atoms with Gasteiger partial charge in [0.1, 0.15) is 24.0 Å². The molecular weight excluding hydrogens is 579 g/mol. The van der Waals surface area contributed by atoms with E-state index >= 15 is 0 Å². The molecule has 0 fully saturated rings. The number of amides is 3. The van der Waals surface area contributed by atoms with Gasteiger partial charge in [-0.25, -0.2) is 4.79 Å². The Labute approximate surface area is 248 Å². The van der Waals surface area contributed by atoms with Crippen molar-refractivity contribution in [1.29, 1.82) is 0 Å². The summed E-state index contributed by atoms with van der Waals surface area (Å²) in [6.07, 6.45) is -0.615. The van der Waals surface area contributed by atoms with Gasteiger partial charge in [0.25, 0.3) is 11.6 Å². The molecule has 3 amide bonds. The number of halogens is 2. The van der Waals surface area contributed by atoms with Crippen LogP contribution in [0.2, 0.25) is 10.0 Å². The molecule has 3 N–H and O–H groups in total. The molecule has 12 nitrogen and oxygen atoms in total. The number of anilines is 1. The van der Waals surface area contributed by atoms with Gasteiger partial charge in [0, 0.05) is 17.2 Å². The average Bonchev–Trinajstić information content (AvgIpc) is 2.84. The first-order chi connectivity index (χ1) is 18.9. The summed E-state index contributed by atoms with van der Waals surface area (Å²) in [7, 11) is 0. The number of ether oxygens (including phenoxy) is 3. The highest BCUT2D eigenvalue weighted by molar-refractivity contribution is 6.34. The lowest BCUT2D eigenvalue weighted by molar-refractivity contribution is -0.384. The Bertz CT molecular complexity index is 1270. The fourth-order valence-corrected chi connectivity index (χ4v) is 3.52. The summed E-state index contributed by atoms with van der Waals surface area (Å²) in [6, 6.07) is 6.77. The Morgan fingerprint density at radius 2 is 1.68 bits per heavy atom. The number of carbonyl (C=O) groups is 3. The zero-order valence-corrected chi connectivity index (χ0v) is 25.1. The van der Waals surface area contributed by atoms with E-state index in [4.69, 9.17) is 37.4 Å². The van der Waals surface area contributed by atoms with Gasteiger partial charge in [-0.1, -0.05) is 23.2 Å². The van der Waals surface area contributed by atoms with Crippen molar-refractivity contribution >= 4 is 52.5 Å². The molecule has 0 radical (unpaired) electrons. The molecule has 1 atom stereocenters. The second kappa shape index (κ2) is 14.3. The third-order valence-electron chi connectivity index (χ3n) is 4.94. The zero-order valence-electron chi connectivity index (χ0n) is 23.6. The molecule has 2 aromatic carbocycles. The van der Waals surface area contributed by atoms with Gasteiger partial charge in [-0.3, -0.25) is 19.7 Å². The van der Waals surface area contributed by atoms with Crippen molar-refractivity contribution in [2.75, 3.05) is 25.1 Å². The number of benzene rings is 2. The molecule has 0 saturated carbocycles. The molecular formula is C27H34Cl2N4O8. The van der Waals surface area contributed by atoms with Gasteiger partial charge in [0.15, 0.2) is 0 Å². The number of nitro groups is 1. The van der Waals surface area contributed by atoms with Crippen molar-refractivity contribution in [2.24, 2.45) is 0 Å². The Hall–Kier alpha value is -3.61. The summed E-state index contributed by atoms with van der Waals surface area (Å²) in [5.41, 5.74) is -1.39. The van der Waals surface area contributed by atoms with Gasteiger partial charge in [-0.05, 0) is 65.8 Å². The largest absolute Gasteiger partial charge is 0.491 e. The standard InChI is InChI=1S/C27H34Cl2N4O8/c1-26(2,3)40-15-21(24(35)31-20-9-8-17(33(37)38)14-19(20)29)32-23(34)18-13-16(28)7-10-22(18)39-12-11-30-25(36)41-27(4,5)6/h7-10,13-14,21H,11-12,15H2,1-6H3,(H,30,36)(H,31,35)(H,32,34)/t21-/m1/s1. The lowest BCUT2D eigenvalue weighted by Crippen LogP contribution is -2.48. The summed E-state index contributed by atoms with van der Waals surface area (Å²) in [4.78, 5) is 48.7. The molecule has 41 heavy (non-hydrogen) atoms. The summed E-state index contributed by atoms with van der Waals surface area (Å²) in [5.74, 6) is -1.20. The van der Waals surface area contributed by atoms with Crippen molar-refractivity contribution in [3.05, 3.63) is 62.1 Å². The summed E-state index contributed by atoms with van der Waals surface area (Å²) >= 11 is 12.2. The molecule has 0 aliphatic heterocycles. The number of rotatable bonds is 11. The van der Waals surface area contributed by atoms with E-state index in [1.165, 1.54) is 30.3 Å². The number of hydrogen-bond donors (Lipinski definition) is 3. The van der Waals surface area contributed by atoms with Crippen LogP contribution in [-0.4, -0.2) is 59.8 Å². The lowest BCUT2D eigenvalue weighted by Gasteiger charge is -2.25. The molecule has 0 saturated heterocycles. The molecule has 2 rings (SSSR count). The minimum Gasteiger partial charge on any atom is -0.491 e. The molecule has 224 valence electrons. The number of nitro benzene ring substituents is 1. The number of nitrogens with one attached hydrogen (secondary N) is 3. The number of alkyl carbamates (subject to hydrolysis) is 1. The Balaban J connectivity index is 2.18. The van der Waals surface area contributed by atoms with E-state index in [1.807, 2.05) is 0 Å². The smallest absolute Gasteiger partial charge is 0.407 e. The number of hydrogen-bond acceptors (Lipinski definition) is 8. The minimum atomic E-state index is -1.20. The maximum atomic E-state index is 13.3. The summed E-state index contributed by atoms with van der Waals surface area (Å²) in [5, 5.41) is 18.9. The first-order valence-electron chi connectivity index (χ1n) is 12.5. The first-order valence-corrected chi connectivity index (χ1v) is 13.3. The molecule has 14 heteroatoms. The second-order valence-corrected chi connectivity index (χ2v) is 11.6. The van der Waals surface area contributed by atoms with Gasteiger partial charge in [-0.15, -0.1) is 0 Å². The third kappa shape index (κ3) is 11.8. The molecule has 0 heterocycles. The van der Waals surface area contributed by atoms with Gasteiger partial charge >= 0.3 is 6.09 Å². The first kappa shape index (κ1) is 33.6. The van der Waals surface area contributed by atoms with Crippen LogP contribution in [0.1, 0.15) is 51.9 Å². The van der Waals surface area contributed by atoms with E-state index in [1.54, 1.807) is 41.5 Å². The lowest BCUT2D eigenvalue weighted by atomic mass is 10.1. The van der Waals surface area contributed by atoms with Crippen LogP contribution in [0, 0.1) is 10.1 Å². The van der Waals surface area contributed by atoms with Gasteiger partial charge in [0.2, 0.25) is 5.91 Å². The number of nitrogens with zero attached hydrogens (tertiary/aromatic N) is 1. The SMILES string of the molecule is CC(C)(C)OC[C@@H](NC(=O)c1cc(Cl)ccc1OCCNC(=O)OC(C)(C)C)C(=O)Nc1ccc([N+](=O)[O-])cc1Cl. The maximum Gasteiger partial charge on any atom is 0.407 e. The fourth-order valence-electron chi connectivity index (χ4n) is 3.12. The van der Waals surface area contributed by atoms with Crippen LogP contribution in [0.4, 0.5) is 16.2 Å². The van der Waals surface area contributed by atoms with Crippen LogP contribution in [0.3, 0.4) is 0 Å². The minimum absolute atomic E-state index is 0.0108. The molecule has 0 spiro atoms. The van der Waals surface area contributed by atoms with Crippen molar-refractivity contribution in [2.45, 2.75) is 58.8 Å². The number of non-ortho nitro benzene ring substituents is 1. The molecule has 0 aromatic heterocycles. The van der Waals surface area contributed by atoms with E-state index < -0.39 is 40.1 Å². The van der Waals surface area contributed by atoms with Crippen LogP contribution in [-0.2, 0) is 14.3 Å². The van der Waals surface area contributed by atoms with Crippen molar-refractivity contribution < 1.29 is 33.5 Å². The van der Waals surface area contributed by atoms with E-state index in [0.29, 0.717) is 0 Å². The predicted molar refractivity (Wildman–Crippen MR) is 155 cm³/mol.